The minimum absolute atomic E-state index is 0.181. The Hall–Kier alpha value is -4.91. The number of benzene rings is 5. The Bertz CT molecular complexity index is 1840. The Morgan fingerprint density at radius 2 is 1.43 bits per heavy atom. The van der Waals surface area contributed by atoms with Gasteiger partial charge in [0, 0.05) is 23.4 Å². The topological polar surface area (TPSA) is 48.0 Å². The Morgan fingerprint density at radius 1 is 0.786 bits per heavy atom. The van der Waals surface area contributed by atoms with Gasteiger partial charge in [0.1, 0.15) is 29.5 Å². The average molecular weight is 570 g/mol. The third kappa shape index (κ3) is 4.61. The van der Waals surface area contributed by atoms with Crippen LogP contribution >= 0.6 is 7.37 Å². The Morgan fingerprint density at radius 3 is 2.19 bits per heavy atom. The lowest BCUT2D eigenvalue weighted by Crippen LogP contribution is -2.31. The predicted molar refractivity (Wildman–Crippen MR) is 167 cm³/mol. The zero-order valence-electron chi connectivity index (χ0n) is 22.9. The van der Waals surface area contributed by atoms with E-state index in [0.717, 1.165) is 45.8 Å². The van der Waals surface area contributed by atoms with Gasteiger partial charge in [-0.15, -0.1) is 6.42 Å². The number of terminal acetylenes is 1. The SMILES string of the molecule is C#CCOc1ccc(C(c2ccc(N3COc4ccccc4C3)cc2)P2(=O)Oc3ccccc3-c3ccccc32)cc1. The van der Waals surface area contributed by atoms with Gasteiger partial charge in [-0.25, -0.2) is 0 Å². The summed E-state index contributed by atoms with van der Waals surface area (Å²) in [6.07, 6.45) is 5.38. The van der Waals surface area contributed by atoms with Crippen LogP contribution in [-0.4, -0.2) is 13.3 Å². The maximum Gasteiger partial charge on any atom is 0.289 e. The van der Waals surface area contributed by atoms with Crippen LogP contribution in [0.5, 0.6) is 17.2 Å². The number of para-hydroxylation sites is 2. The average Bonchev–Trinajstić information content (AvgIpc) is 3.05. The van der Waals surface area contributed by atoms with E-state index in [9.17, 15) is 0 Å². The molecule has 0 bridgehead atoms. The summed E-state index contributed by atoms with van der Waals surface area (Å²) < 4.78 is 33.6. The summed E-state index contributed by atoms with van der Waals surface area (Å²) in [6.45, 7) is 1.40. The van der Waals surface area contributed by atoms with Gasteiger partial charge in [-0.05, 0) is 59.2 Å². The molecule has 0 saturated heterocycles. The number of anilines is 1. The van der Waals surface area contributed by atoms with Gasteiger partial charge in [-0.3, -0.25) is 4.57 Å². The largest absolute Gasteiger partial charge is 0.481 e. The molecule has 0 aliphatic carbocycles. The van der Waals surface area contributed by atoms with Crippen molar-refractivity contribution in [3.63, 3.8) is 0 Å². The number of hydrogen-bond acceptors (Lipinski definition) is 5. The van der Waals surface area contributed by atoms with Crippen LogP contribution in [0.1, 0.15) is 22.3 Å². The zero-order valence-corrected chi connectivity index (χ0v) is 23.7. The first-order valence-corrected chi connectivity index (χ1v) is 15.5. The number of rotatable bonds is 6. The van der Waals surface area contributed by atoms with Crippen LogP contribution in [0, 0.1) is 12.3 Å². The Balaban J connectivity index is 1.31. The van der Waals surface area contributed by atoms with Gasteiger partial charge >= 0.3 is 0 Å². The van der Waals surface area contributed by atoms with Crippen LogP contribution in [0.3, 0.4) is 0 Å². The van der Waals surface area contributed by atoms with Crippen LogP contribution in [0.25, 0.3) is 11.1 Å². The van der Waals surface area contributed by atoms with Gasteiger partial charge in [-0.2, -0.15) is 0 Å². The van der Waals surface area contributed by atoms with E-state index in [2.05, 4.69) is 41.2 Å². The van der Waals surface area contributed by atoms with Crippen molar-refractivity contribution >= 4 is 18.4 Å². The molecular weight excluding hydrogens is 541 g/mol. The number of fused-ring (bicyclic) bond motifs is 4. The Kier molecular flexibility index (Phi) is 6.70. The number of hydrogen-bond donors (Lipinski definition) is 0. The first kappa shape index (κ1) is 26.0. The molecule has 7 rings (SSSR count). The normalized spacial score (nSPS) is 17.4. The molecule has 0 fully saturated rings. The summed E-state index contributed by atoms with van der Waals surface area (Å²) in [7, 11) is -3.53. The quantitative estimate of drug-likeness (QED) is 0.154. The summed E-state index contributed by atoms with van der Waals surface area (Å²) in [4.78, 5) is 2.18. The van der Waals surface area contributed by atoms with Crippen LogP contribution in [-0.2, 0) is 11.1 Å². The fraction of sp³-hybridized carbons (Fsp3) is 0.111. The maximum absolute atomic E-state index is 15.4. The highest BCUT2D eigenvalue weighted by molar-refractivity contribution is 7.68. The van der Waals surface area contributed by atoms with Crippen molar-refractivity contribution in [3.8, 4) is 40.7 Å². The first-order valence-electron chi connectivity index (χ1n) is 13.8. The molecule has 0 N–H and O–H groups in total. The van der Waals surface area contributed by atoms with Gasteiger partial charge in [0.15, 0.2) is 6.73 Å². The van der Waals surface area contributed by atoms with Gasteiger partial charge in [0.25, 0.3) is 7.37 Å². The molecule has 0 radical (unpaired) electrons. The minimum atomic E-state index is -3.53. The van der Waals surface area contributed by atoms with E-state index in [1.165, 1.54) is 0 Å². The number of nitrogens with zero attached hydrogens (tertiary/aromatic N) is 1. The summed E-state index contributed by atoms with van der Waals surface area (Å²) in [6, 6.07) is 39.6. The molecule has 0 spiro atoms. The molecule has 0 saturated carbocycles. The molecule has 5 aromatic rings. The lowest BCUT2D eigenvalue weighted by Gasteiger charge is -2.35. The molecule has 0 aromatic heterocycles. The van der Waals surface area contributed by atoms with Crippen molar-refractivity contribution < 1.29 is 18.6 Å². The molecule has 206 valence electrons. The third-order valence-electron chi connectivity index (χ3n) is 7.79. The summed E-state index contributed by atoms with van der Waals surface area (Å²) in [5.74, 6) is 4.70. The highest BCUT2D eigenvalue weighted by Crippen LogP contribution is 2.65. The molecule has 5 aromatic carbocycles. The van der Waals surface area contributed by atoms with E-state index >= 15 is 4.57 Å². The van der Waals surface area contributed by atoms with Crippen molar-refractivity contribution in [2.24, 2.45) is 0 Å². The molecule has 2 heterocycles. The second kappa shape index (κ2) is 10.8. The van der Waals surface area contributed by atoms with Gasteiger partial charge in [0.2, 0.25) is 0 Å². The fourth-order valence-corrected chi connectivity index (χ4v) is 8.68. The van der Waals surface area contributed by atoms with Gasteiger partial charge < -0.3 is 18.9 Å². The van der Waals surface area contributed by atoms with Crippen molar-refractivity contribution in [2.75, 3.05) is 18.2 Å². The minimum Gasteiger partial charge on any atom is -0.481 e. The van der Waals surface area contributed by atoms with Crippen LogP contribution in [0.2, 0.25) is 0 Å². The van der Waals surface area contributed by atoms with E-state index in [1.807, 2.05) is 91.0 Å². The molecule has 5 nitrogen and oxygen atoms in total. The van der Waals surface area contributed by atoms with Crippen LogP contribution in [0.4, 0.5) is 5.69 Å². The number of ether oxygens (including phenoxy) is 2. The molecular formula is C36H28NO4P. The molecule has 2 unspecified atom stereocenters. The molecule has 2 aliphatic rings. The van der Waals surface area contributed by atoms with E-state index in [4.69, 9.17) is 20.4 Å². The summed E-state index contributed by atoms with van der Waals surface area (Å²) in [5.41, 5.74) is 5.25. The predicted octanol–water partition coefficient (Wildman–Crippen LogP) is 7.81. The standard InChI is InChI=1S/C36H28NO4P/c1-2-23-39-30-21-17-27(18-22-30)36(42(38)35-14-8-5-11-32(35)31-10-4-7-13-34(31)41-42)26-15-19-29(20-16-26)37-24-28-9-3-6-12-33(28)40-25-37/h1,3-22,36H,23-25H2. The maximum atomic E-state index is 15.4. The van der Waals surface area contributed by atoms with Crippen molar-refractivity contribution in [2.45, 2.75) is 12.2 Å². The highest BCUT2D eigenvalue weighted by Gasteiger charge is 2.44. The summed E-state index contributed by atoms with van der Waals surface area (Å²) in [5, 5.41) is 0.714. The van der Waals surface area contributed by atoms with E-state index in [1.54, 1.807) is 0 Å². The van der Waals surface area contributed by atoms with E-state index in [0.29, 0.717) is 23.5 Å². The van der Waals surface area contributed by atoms with Crippen molar-refractivity contribution in [3.05, 3.63) is 138 Å². The van der Waals surface area contributed by atoms with Gasteiger partial charge in [-0.1, -0.05) is 84.8 Å². The lowest BCUT2D eigenvalue weighted by molar-refractivity contribution is 0.289. The van der Waals surface area contributed by atoms with Crippen molar-refractivity contribution in [1.82, 2.24) is 0 Å². The molecule has 2 aliphatic heterocycles. The zero-order chi connectivity index (χ0) is 28.5. The second-order valence-electron chi connectivity index (χ2n) is 10.3. The fourth-order valence-electron chi connectivity index (χ4n) is 5.79. The summed E-state index contributed by atoms with van der Waals surface area (Å²) >= 11 is 0. The third-order valence-corrected chi connectivity index (χ3v) is 10.6. The van der Waals surface area contributed by atoms with Crippen molar-refractivity contribution in [1.29, 1.82) is 0 Å². The Labute approximate surface area is 245 Å². The molecule has 2 atom stereocenters. The van der Waals surface area contributed by atoms with Gasteiger partial charge in [0.05, 0.1) is 5.30 Å². The highest BCUT2D eigenvalue weighted by atomic mass is 31.2. The van der Waals surface area contributed by atoms with E-state index in [-0.39, 0.29) is 6.61 Å². The monoisotopic (exact) mass is 569 g/mol. The smallest absolute Gasteiger partial charge is 0.289 e. The lowest BCUT2D eigenvalue weighted by atomic mass is 10.0. The molecule has 6 heteroatoms. The van der Waals surface area contributed by atoms with E-state index < -0.39 is 13.0 Å². The van der Waals surface area contributed by atoms with Crippen LogP contribution < -0.4 is 24.2 Å². The molecule has 42 heavy (non-hydrogen) atoms. The van der Waals surface area contributed by atoms with Crippen LogP contribution in [0.15, 0.2) is 121 Å². The first-order chi connectivity index (χ1) is 20.6. The second-order valence-corrected chi connectivity index (χ2v) is 12.7. The molecule has 0 amide bonds.